The van der Waals surface area contributed by atoms with Gasteiger partial charge in [-0.25, -0.2) is 0 Å². The van der Waals surface area contributed by atoms with E-state index in [0.29, 0.717) is 23.0 Å². The molecular weight excluding hydrogens is 340 g/mol. The van der Waals surface area contributed by atoms with Crippen LogP contribution in [0.15, 0.2) is 47.6 Å². The third-order valence-corrected chi connectivity index (χ3v) is 7.28. The van der Waals surface area contributed by atoms with Crippen LogP contribution in [0.3, 0.4) is 0 Å². The molecule has 0 aliphatic heterocycles. The van der Waals surface area contributed by atoms with E-state index in [2.05, 4.69) is 57.2 Å². The number of hydrogen-bond donors (Lipinski definition) is 0. The molecule has 0 spiro atoms. The Kier molecular flexibility index (Phi) is 4.27. The van der Waals surface area contributed by atoms with Gasteiger partial charge >= 0.3 is 0 Å². The summed E-state index contributed by atoms with van der Waals surface area (Å²) in [4.78, 5) is 13.6. The Bertz CT molecular complexity index is 918. The minimum Gasteiger partial charge on any atom is -0.294 e. The van der Waals surface area contributed by atoms with Crippen LogP contribution in [0.1, 0.15) is 81.9 Å². The first-order valence-corrected chi connectivity index (χ1v) is 11.2. The molecule has 4 aliphatic carbocycles. The van der Waals surface area contributed by atoms with Crippen LogP contribution in [0.2, 0.25) is 0 Å². The lowest BCUT2D eigenvalue weighted by atomic mass is 9.74. The Hall–Kier alpha value is -1.89. The fourth-order valence-electron chi connectivity index (χ4n) is 6.18. The van der Waals surface area contributed by atoms with Crippen molar-refractivity contribution in [2.45, 2.75) is 71.6 Å². The van der Waals surface area contributed by atoms with Crippen molar-refractivity contribution in [3.63, 3.8) is 0 Å². The summed E-state index contributed by atoms with van der Waals surface area (Å²) < 4.78 is 0. The highest BCUT2D eigenvalue weighted by Crippen LogP contribution is 2.54. The highest BCUT2D eigenvalue weighted by molar-refractivity contribution is 6.25. The molecule has 1 heteroatoms. The molecule has 0 N–H and O–H groups in total. The van der Waals surface area contributed by atoms with Crippen molar-refractivity contribution in [1.82, 2.24) is 0 Å². The molecule has 0 saturated heterocycles. The summed E-state index contributed by atoms with van der Waals surface area (Å²) in [5, 5.41) is 0. The summed E-state index contributed by atoms with van der Waals surface area (Å²) in [5.74, 6) is 1.63. The predicted octanol–water partition coefficient (Wildman–Crippen LogP) is 6.79. The summed E-state index contributed by atoms with van der Waals surface area (Å²) in [7, 11) is 0. The van der Waals surface area contributed by atoms with Gasteiger partial charge in [0.05, 0.1) is 0 Å². The molecule has 1 nitrogen and oxygen atoms in total. The van der Waals surface area contributed by atoms with E-state index in [1.165, 1.54) is 47.1 Å². The van der Waals surface area contributed by atoms with Gasteiger partial charge in [0, 0.05) is 17.4 Å². The average molecular weight is 373 g/mol. The molecule has 0 saturated carbocycles. The molecule has 0 amide bonds. The SMILES string of the molecule is CC(C)(C)CC1=CC=CC1C[C@H]1CCC2=C(C1=O)c1cccc3c1C2CCC3. The van der Waals surface area contributed by atoms with E-state index < -0.39 is 0 Å². The highest BCUT2D eigenvalue weighted by Gasteiger charge is 2.42. The van der Waals surface area contributed by atoms with Gasteiger partial charge in [-0.3, -0.25) is 4.79 Å². The van der Waals surface area contributed by atoms with Crippen molar-refractivity contribution in [3.05, 3.63) is 64.3 Å². The van der Waals surface area contributed by atoms with Crippen LogP contribution < -0.4 is 0 Å². The van der Waals surface area contributed by atoms with Crippen molar-refractivity contribution in [2.24, 2.45) is 17.3 Å². The number of ketones is 1. The maximum absolute atomic E-state index is 13.6. The molecule has 0 aromatic heterocycles. The van der Waals surface area contributed by atoms with Crippen molar-refractivity contribution in [3.8, 4) is 0 Å². The second kappa shape index (κ2) is 6.58. The molecular formula is C27H32O. The Morgan fingerprint density at radius 3 is 2.79 bits per heavy atom. The number of carbonyl (C=O) groups excluding carboxylic acids is 1. The van der Waals surface area contributed by atoms with E-state index in [0.717, 1.165) is 31.3 Å². The van der Waals surface area contributed by atoms with E-state index >= 15 is 0 Å². The van der Waals surface area contributed by atoms with Crippen LogP contribution in [0.5, 0.6) is 0 Å². The van der Waals surface area contributed by atoms with E-state index in [9.17, 15) is 4.79 Å². The molecule has 5 rings (SSSR count). The summed E-state index contributed by atoms with van der Waals surface area (Å²) in [5.41, 5.74) is 8.73. The standard InChI is InChI=1S/C27H32O/c1-27(2,3)16-20-10-4-9-18(20)15-19-13-14-22-21-11-5-7-17-8-6-12-23(24(17)21)25(22)26(19)28/h4,6,8-10,12,18-19,21H,5,7,11,13-16H2,1-3H3/t18?,19-,21?/m1/s1. The van der Waals surface area contributed by atoms with E-state index in [-0.39, 0.29) is 5.92 Å². The van der Waals surface area contributed by atoms with E-state index in [1.54, 1.807) is 0 Å². The third kappa shape index (κ3) is 2.95. The van der Waals surface area contributed by atoms with Crippen LogP contribution in [0.4, 0.5) is 0 Å². The second-order valence-corrected chi connectivity index (χ2v) is 10.5. The lowest BCUT2D eigenvalue weighted by molar-refractivity contribution is -0.118. The largest absolute Gasteiger partial charge is 0.294 e. The molecule has 2 unspecified atom stereocenters. The first-order chi connectivity index (χ1) is 13.4. The molecule has 0 heterocycles. The molecule has 28 heavy (non-hydrogen) atoms. The fraction of sp³-hybridized carbons (Fsp3) is 0.519. The summed E-state index contributed by atoms with van der Waals surface area (Å²) in [6.07, 6.45) is 14.8. The fourth-order valence-corrected chi connectivity index (χ4v) is 6.18. The summed E-state index contributed by atoms with van der Waals surface area (Å²) in [6.45, 7) is 6.92. The molecule has 0 bridgehead atoms. The minimum absolute atomic E-state index is 0.186. The monoisotopic (exact) mass is 372 g/mol. The van der Waals surface area contributed by atoms with Gasteiger partial charge in [-0.05, 0) is 73.0 Å². The lowest BCUT2D eigenvalue weighted by Crippen LogP contribution is -2.24. The Morgan fingerprint density at radius 1 is 1.11 bits per heavy atom. The van der Waals surface area contributed by atoms with Gasteiger partial charge in [0.25, 0.3) is 0 Å². The number of Topliss-reactive ketones (excluding diaryl/α,β-unsaturated/α-hetero) is 1. The van der Waals surface area contributed by atoms with Crippen molar-refractivity contribution in [2.75, 3.05) is 0 Å². The first kappa shape index (κ1) is 18.2. The van der Waals surface area contributed by atoms with Crippen molar-refractivity contribution < 1.29 is 4.79 Å². The van der Waals surface area contributed by atoms with E-state index in [4.69, 9.17) is 0 Å². The number of rotatable bonds is 3. The highest BCUT2D eigenvalue weighted by atomic mass is 16.1. The summed E-state index contributed by atoms with van der Waals surface area (Å²) in [6, 6.07) is 6.69. The molecule has 1 aromatic rings. The topological polar surface area (TPSA) is 17.1 Å². The van der Waals surface area contributed by atoms with Gasteiger partial charge in [0.1, 0.15) is 0 Å². The van der Waals surface area contributed by atoms with Gasteiger partial charge in [0.2, 0.25) is 0 Å². The third-order valence-electron chi connectivity index (χ3n) is 7.28. The smallest absolute Gasteiger partial charge is 0.166 e. The molecule has 3 atom stereocenters. The van der Waals surface area contributed by atoms with Gasteiger partial charge < -0.3 is 0 Å². The molecule has 1 aromatic carbocycles. The van der Waals surface area contributed by atoms with Crippen molar-refractivity contribution >= 4 is 11.4 Å². The van der Waals surface area contributed by atoms with Gasteiger partial charge in [0.15, 0.2) is 5.78 Å². The number of allylic oxidation sites excluding steroid dienone is 6. The Balaban J connectivity index is 1.40. The number of benzene rings is 1. The van der Waals surface area contributed by atoms with Crippen LogP contribution in [0, 0.1) is 17.3 Å². The number of hydrogen-bond acceptors (Lipinski definition) is 1. The molecule has 0 radical (unpaired) electrons. The van der Waals surface area contributed by atoms with Crippen LogP contribution in [-0.2, 0) is 11.2 Å². The maximum atomic E-state index is 13.6. The zero-order chi connectivity index (χ0) is 19.5. The Morgan fingerprint density at radius 2 is 1.96 bits per heavy atom. The van der Waals surface area contributed by atoms with Crippen LogP contribution >= 0.6 is 0 Å². The second-order valence-electron chi connectivity index (χ2n) is 10.5. The van der Waals surface area contributed by atoms with Gasteiger partial charge in [-0.2, -0.15) is 0 Å². The number of fused-ring (bicyclic) bond motifs is 2. The van der Waals surface area contributed by atoms with Crippen LogP contribution in [-0.4, -0.2) is 5.78 Å². The Labute approximate surface area is 169 Å². The van der Waals surface area contributed by atoms with Gasteiger partial charge in [-0.1, -0.05) is 68.3 Å². The number of aryl methyl sites for hydroxylation is 1. The average Bonchev–Trinajstić information content (AvgIpc) is 3.21. The molecule has 4 aliphatic rings. The van der Waals surface area contributed by atoms with Crippen molar-refractivity contribution in [1.29, 1.82) is 0 Å². The van der Waals surface area contributed by atoms with E-state index in [1.807, 2.05) is 0 Å². The number of carbonyl (C=O) groups is 1. The minimum atomic E-state index is 0.186. The maximum Gasteiger partial charge on any atom is 0.166 e. The zero-order valence-corrected chi connectivity index (χ0v) is 17.6. The molecule has 0 fully saturated rings. The quantitative estimate of drug-likeness (QED) is 0.571. The lowest BCUT2D eigenvalue weighted by Gasteiger charge is -2.29. The first-order valence-electron chi connectivity index (χ1n) is 11.2. The van der Waals surface area contributed by atoms with Gasteiger partial charge in [-0.15, -0.1) is 0 Å². The summed E-state index contributed by atoms with van der Waals surface area (Å²) >= 11 is 0. The molecule has 146 valence electrons. The zero-order valence-electron chi connectivity index (χ0n) is 17.6. The predicted molar refractivity (Wildman–Crippen MR) is 116 cm³/mol. The normalized spacial score (nSPS) is 28.5. The van der Waals surface area contributed by atoms with Crippen LogP contribution in [0.25, 0.3) is 5.57 Å².